The fourth-order valence-corrected chi connectivity index (χ4v) is 1.21. The topological polar surface area (TPSA) is 59.3 Å². The molecular formula is C13H13NO3. The summed E-state index contributed by atoms with van der Waals surface area (Å²) < 4.78 is 9.98. The minimum Gasteiger partial charge on any atom is -0.478 e. The molecule has 0 radical (unpaired) electrons. The fraction of sp³-hybridized carbons (Fsp3) is 0.231. The zero-order valence-corrected chi connectivity index (χ0v) is 9.55. The third-order valence-corrected chi connectivity index (χ3v) is 1.90. The second kappa shape index (κ2) is 7.07. The van der Waals surface area contributed by atoms with Gasteiger partial charge in [-0.05, 0) is 19.1 Å². The van der Waals surface area contributed by atoms with E-state index in [1.165, 1.54) is 6.08 Å². The van der Waals surface area contributed by atoms with Crippen LogP contribution >= 0.6 is 0 Å². The summed E-state index contributed by atoms with van der Waals surface area (Å²) in [6.07, 6.45) is 2.93. The molecule has 0 aromatic heterocycles. The van der Waals surface area contributed by atoms with Crippen LogP contribution in [0, 0.1) is 11.3 Å². The molecule has 17 heavy (non-hydrogen) atoms. The highest BCUT2D eigenvalue weighted by atomic mass is 16.5. The predicted molar refractivity (Wildman–Crippen MR) is 63.2 cm³/mol. The van der Waals surface area contributed by atoms with Crippen LogP contribution in [0.5, 0.6) is 5.75 Å². The van der Waals surface area contributed by atoms with Crippen molar-refractivity contribution in [3.05, 3.63) is 35.9 Å². The van der Waals surface area contributed by atoms with E-state index in [-0.39, 0.29) is 6.61 Å². The highest BCUT2D eigenvalue weighted by Gasteiger charge is 2.00. The van der Waals surface area contributed by atoms with E-state index in [9.17, 15) is 4.79 Å². The predicted octanol–water partition coefficient (Wildman–Crippen LogP) is 2.17. The summed E-state index contributed by atoms with van der Waals surface area (Å²) in [5, 5.41) is 8.44. The van der Waals surface area contributed by atoms with Crippen molar-refractivity contribution in [2.75, 3.05) is 13.2 Å². The molecule has 1 aromatic rings. The molecule has 1 aromatic carbocycles. The summed E-state index contributed by atoms with van der Waals surface area (Å²) >= 11 is 0. The molecule has 0 saturated carbocycles. The van der Waals surface area contributed by atoms with E-state index in [1.54, 1.807) is 31.2 Å². The van der Waals surface area contributed by atoms with Gasteiger partial charge < -0.3 is 9.47 Å². The van der Waals surface area contributed by atoms with Crippen molar-refractivity contribution in [3.63, 3.8) is 0 Å². The van der Waals surface area contributed by atoms with Crippen LogP contribution < -0.4 is 4.74 Å². The van der Waals surface area contributed by atoms with Gasteiger partial charge in [0.1, 0.15) is 11.8 Å². The maximum atomic E-state index is 11.1. The first-order chi connectivity index (χ1) is 8.27. The van der Waals surface area contributed by atoms with Gasteiger partial charge >= 0.3 is 5.97 Å². The number of hydrogen-bond donors (Lipinski definition) is 0. The average Bonchev–Trinajstić information content (AvgIpc) is 2.35. The lowest BCUT2D eigenvalue weighted by atomic mass is 10.2. The van der Waals surface area contributed by atoms with Gasteiger partial charge in [0.2, 0.25) is 0 Å². The maximum Gasteiger partial charge on any atom is 0.330 e. The molecule has 0 aliphatic rings. The number of esters is 1. The van der Waals surface area contributed by atoms with E-state index in [4.69, 9.17) is 14.7 Å². The summed E-state index contributed by atoms with van der Waals surface area (Å²) in [6.45, 7) is 2.07. The van der Waals surface area contributed by atoms with Crippen molar-refractivity contribution in [1.29, 1.82) is 5.26 Å². The number of ether oxygens (including phenoxy) is 2. The SMILES string of the molecule is CCOC(=O)/C=C/c1ccccc1OCC#N. The summed E-state index contributed by atoms with van der Waals surface area (Å²) in [7, 11) is 0. The molecule has 0 saturated heterocycles. The number of carbonyl (C=O) groups is 1. The largest absolute Gasteiger partial charge is 0.478 e. The average molecular weight is 231 g/mol. The minimum absolute atomic E-state index is 0.0236. The van der Waals surface area contributed by atoms with Crippen LogP contribution in [0.2, 0.25) is 0 Å². The second-order valence-corrected chi connectivity index (χ2v) is 3.07. The van der Waals surface area contributed by atoms with E-state index in [0.29, 0.717) is 12.4 Å². The number of para-hydroxylation sites is 1. The molecule has 0 amide bonds. The van der Waals surface area contributed by atoms with Gasteiger partial charge in [0.15, 0.2) is 6.61 Å². The van der Waals surface area contributed by atoms with E-state index in [2.05, 4.69) is 0 Å². The van der Waals surface area contributed by atoms with Crippen LogP contribution in [0.4, 0.5) is 0 Å². The maximum absolute atomic E-state index is 11.1. The van der Waals surface area contributed by atoms with Crippen molar-refractivity contribution in [2.45, 2.75) is 6.92 Å². The molecule has 0 aliphatic carbocycles. The molecular weight excluding hydrogens is 218 g/mol. The number of nitrogens with zero attached hydrogens (tertiary/aromatic N) is 1. The third kappa shape index (κ3) is 4.39. The highest BCUT2D eigenvalue weighted by molar-refractivity contribution is 5.87. The molecule has 88 valence electrons. The van der Waals surface area contributed by atoms with E-state index < -0.39 is 5.97 Å². The van der Waals surface area contributed by atoms with Crippen molar-refractivity contribution in [2.24, 2.45) is 0 Å². The summed E-state index contributed by atoms with van der Waals surface area (Å²) in [5.41, 5.74) is 0.732. The molecule has 0 aliphatic heterocycles. The molecule has 0 spiro atoms. The Kier molecular flexibility index (Phi) is 5.32. The van der Waals surface area contributed by atoms with Gasteiger partial charge in [0.25, 0.3) is 0 Å². The second-order valence-electron chi connectivity index (χ2n) is 3.07. The molecule has 0 N–H and O–H groups in total. The molecule has 4 heteroatoms. The Morgan fingerprint density at radius 3 is 2.94 bits per heavy atom. The first-order valence-electron chi connectivity index (χ1n) is 5.21. The summed E-state index contributed by atoms with van der Waals surface area (Å²) in [6, 6.07) is 9.05. The van der Waals surface area contributed by atoms with Crippen molar-refractivity contribution >= 4 is 12.0 Å². The highest BCUT2D eigenvalue weighted by Crippen LogP contribution is 2.19. The molecule has 4 nitrogen and oxygen atoms in total. The number of hydrogen-bond acceptors (Lipinski definition) is 4. The van der Waals surface area contributed by atoms with E-state index >= 15 is 0 Å². The third-order valence-electron chi connectivity index (χ3n) is 1.90. The van der Waals surface area contributed by atoms with E-state index in [0.717, 1.165) is 5.56 Å². The summed E-state index contributed by atoms with van der Waals surface area (Å²) in [4.78, 5) is 11.1. The zero-order valence-electron chi connectivity index (χ0n) is 9.55. The van der Waals surface area contributed by atoms with Gasteiger partial charge in [-0.1, -0.05) is 18.2 Å². The summed E-state index contributed by atoms with van der Waals surface area (Å²) in [5.74, 6) is 0.164. The number of benzene rings is 1. The monoisotopic (exact) mass is 231 g/mol. The number of nitriles is 1. The standard InChI is InChI=1S/C13H13NO3/c1-2-16-13(15)8-7-11-5-3-4-6-12(11)17-10-9-14/h3-8H,2,10H2,1H3/b8-7+. The Labute approximate surface area is 100 Å². The van der Waals surface area contributed by atoms with Gasteiger partial charge in [-0.3, -0.25) is 0 Å². The number of rotatable bonds is 5. The van der Waals surface area contributed by atoms with Crippen LogP contribution in [0.15, 0.2) is 30.3 Å². The van der Waals surface area contributed by atoms with Crippen LogP contribution in [-0.2, 0) is 9.53 Å². The van der Waals surface area contributed by atoms with Gasteiger partial charge in [-0.2, -0.15) is 5.26 Å². The van der Waals surface area contributed by atoms with Gasteiger partial charge in [-0.15, -0.1) is 0 Å². The normalized spacial score (nSPS) is 9.88. The Morgan fingerprint density at radius 2 is 2.24 bits per heavy atom. The quantitative estimate of drug-likeness (QED) is 0.575. The van der Waals surface area contributed by atoms with Gasteiger partial charge in [0.05, 0.1) is 6.61 Å². The minimum atomic E-state index is -0.400. The molecule has 1 rings (SSSR count). The van der Waals surface area contributed by atoms with Crippen LogP contribution in [-0.4, -0.2) is 19.2 Å². The Hall–Kier alpha value is -2.28. The first-order valence-corrected chi connectivity index (χ1v) is 5.21. The first kappa shape index (κ1) is 12.8. The van der Waals surface area contributed by atoms with Gasteiger partial charge in [0, 0.05) is 11.6 Å². The Balaban J connectivity index is 2.76. The molecule has 0 heterocycles. The lowest BCUT2D eigenvalue weighted by Gasteiger charge is -2.04. The van der Waals surface area contributed by atoms with Crippen LogP contribution in [0.25, 0.3) is 6.08 Å². The zero-order chi connectivity index (χ0) is 12.5. The van der Waals surface area contributed by atoms with Gasteiger partial charge in [-0.25, -0.2) is 4.79 Å². The number of carbonyl (C=O) groups excluding carboxylic acids is 1. The van der Waals surface area contributed by atoms with Crippen molar-refractivity contribution < 1.29 is 14.3 Å². The fourth-order valence-electron chi connectivity index (χ4n) is 1.21. The van der Waals surface area contributed by atoms with Crippen molar-refractivity contribution in [1.82, 2.24) is 0 Å². The van der Waals surface area contributed by atoms with Crippen LogP contribution in [0.1, 0.15) is 12.5 Å². The Bertz CT molecular complexity index is 446. The molecule has 0 fully saturated rings. The molecule has 0 atom stereocenters. The lowest BCUT2D eigenvalue weighted by Crippen LogP contribution is -1.99. The molecule has 0 unspecified atom stereocenters. The van der Waals surface area contributed by atoms with Crippen LogP contribution in [0.3, 0.4) is 0 Å². The molecule has 0 bridgehead atoms. The smallest absolute Gasteiger partial charge is 0.330 e. The lowest BCUT2D eigenvalue weighted by molar-refractivity contribution is -0.137. The Morgan fingerprint density at radius 1 is 1.47 bits per heavy atom. The van der Waals surface area contributed by atoms with Crippen molar-refractivity contribution in [3.8, 4) is 11.8 Å². The van der Waals surface area contributed by atoms with E-state index in [1.807, 2.05) is 12.1 Å².